The van der Waals surface area contributed by atoms with Gasteiger partial charge in [0.2, 0.25) is 5.91 Å². The number of likely N-dealkylation sites (tertiary alicyclic amines) is 1. The minimum Gasteiger partial charge on any atom is -0.342 e. The van der Waals surface area contributed by atoms with Crippen molar-refractivity contribution in [2.75, 3.05) is 19.6 Å². The van der Waals surface area contributed by atoms with Gasteiger partial charge in [-0.25, -0.2) is 4.98 Å². The average Bonchev–Trinajstić information content (AvgIpc) is 3.37. The Morgan fingerprint density at radius 1 is 1.18 bits per heavy atom. The summed E-state index contributed by atoms with van der Waals surface area (Å²) in [5.41, 5.74) is 1.37. The Morgan fingerprint density at radius 3 is 2.67 bits per heavy atom. The molecule has 2 aliphatic rings. The number of carbonyl (C=O) groups is 2. The summed E-state index contributed by atoms with van der Waals surface area (Å²) in [6.07, 6.45) is 11.2. The number of nitriles is 1. The smallest absolute Gasteiger partial charge is 0.273 e. The van der Waals surface area contributed by atoms with Crippen molar-refractivity contribution in [1.29, 1.82) is 5.26 Å². The van der Waals surface area contributed by atoms with Gasteiger partial charge in [0.05, 0.1) is 17.5 Å². The van der Waals surface area contributed by atoms with E-state index in [1.807, 2.05) is 22.4 Å². The second-order valence-corrected chi connectivity index (χ2v) is 9.89. The second kappa shape index (κ2) is 11.4. The Hall–Kier alpha value is -2.79. The van der Waals surface area contributed by atoms with Gasteiger partial charge in [0.15, 0.2) is 0 Å². The normalized spacial score (nSPS) is 17.5. The molecular weight excluding hydrogens is 434 g/mol. The molecule has 1 saturated carbocycles. The van der Waals surface area contributed by atoms with Gasteiger partial charge in [0, 0.05) is 55.8 Å². The second-order valence-electron chi connectivity index (χ2n) is 9.00. The summed E-state index contributed by atoms with van der Waals surface area (Å²) < 4.78 is 0. The van der Waals surface area contributed by atoms with E-state index >= 15 is 0 Å². The molecule has 33 heavy (non-hydrogen) atoms. The van der Waals surface area contributed by atoms with Crippen LogP contribution in [0.3, 0.4) is 0 Å². The molecule has 8 heteroatoms. The van der Waals surface area contributed by atoms with Gasteiger partial charge in [0.1, 0.15) is 5.69 Å². The molecule has 0 aromatic carbocycles. The van der Waals surface area contributed by atoms with E-state index < -0.39 is 0 Å². The zero-order chi connectivity index (χ0) is 23.0. The summed E-state index contributed by atoms with van der Waals surface area (Å²) in [5, 5.41) is 11.8. The molecule has 2 amide bonds. The Kier molecular flexibility index (Phi) is 8.05. The molecule has 0 radical (unpaired) electrons. The Balaban J connectivity index is 1.36. The van der Waals surface area contributed by atoms with Gasteiger partial charge in [-0.05, 0) is 37.3 Å². The largest absolute Gasteiger partial charge is 0.342 e. The first-order valence-electron chi connectivity index (χ1n) is 11.9. The fourth-order valence-corrected chi connectivity index (χ4v) is 5.80. The van der Waals surface area contributed by atoms with Crippen molar-refractivity contribution in [2.45, 2.75) is 63.8 Å². The van der Waals surface area contributed by atoms with Gasteiger partial charge in [-0.15, -0.1) is 11.3 Å². The van der Waals surface area contributed by atoms with Crippen LogP contribution in [0.4, 0.5) is 0 Å². The quantitative estimate of drug-likeness (QED) is 0.605. The number of piperidine rings is 1. The molecule has 0 bridgehead atoms. The van der Waals surface area contributed by atoms with Gasteiger partial charge in [-0.2, -0.15) is 5.26 Å². The third kappa shape index (κ3) is 5.97. The van der Waals surface area contributed by atoms with Crippen LogP contribution in [0.15, 0.2) is 29.9 Å². The number of thiazole rings is 1. The number of hydrogen-bond acceptors (Lipinski definition) is 6. The van der Waals surface area contributed by atoms with E-state index in [9.17, 15) is 9.59 Å². The number of nitrogens with zero attached hydrogens (tertiary/aromatic N) is 5. The highest BCUT2D eigenvalue weighted by Gasteiger charge is 2.31. The topological polar surface area (TPSA) is 90.2 Å². The van der Waals surface area contributed by atoms with Crippen molar-refractivity contribution in [2.24, 2.45) is 5.92 Å². The molecule has 2 fully saturated rings. The van der Waals surface area contributed by atoms with Gasteiger partial charge in [0.25, 0.3) is 5.91 Å². The molecule has 2 aromatic heterocycles. The minimum absolute atomic E-state index is 0.151. The standard InChI is InChI=1S/C25H31N5O2S/c26-11-5-13-30(17-19-6-4-12-27-16-19)25(32)22-18-33-23(28-22)20-9-14-29(15-10-20)24(31)21-7-2-1-3-8-21/h4,6,12,16,18,20-21H,1-3,5,7-10,13-15,17H2. The van der Waals surface area contributed by atoms with E-state index in [1.54, 1.807) is 17.3 Å². The molecule has 4 rings (SSSR count). The molecule has 1 aliphatic carbocycles. The van der Waals surface area contributed by atoms with E-state index in [0.29, 0.717) is 24.7 Å². The van der Waals surface area contributed by atoms with Crippen LogP contribution < -0.4 is 0 Å². The van der Waals surface area contributed by atoms with E-state index in [2.05, 4.69) is 16.0 Å². The Morgan fingerprint density at radius 2 is 1.97 bits per heavy atom. The number of carbonyl (C=O) groups excluding carboxylic acids is 2. The monoisotopic (exact) mass is 465 g/mol. The minimum atomic E-state index is -0.151. The third-order valence-electron chi connectivity index (χ3n) is 6.73. The number of amides is 2. The fraction of sp³-hybridized carbons (Fsp3) is 0.560. The van der Waals surface area contributed by atoms with Crippen molar-refractivity contribution in [3.63, 3.8) is 0 Å². The molecule has 3 heterocycles. The first-order valence-corrected chi connectivity index (χ1v) is 12.8. The lowest BCUT2D eigenvalue weighted by Gasteiger charge is -2.34. The lowest BCUT2D eigenvalue weighted by Crippen LogP contribution is -2.41. The molecule has 1 aliphatic heterocycles. The lowest BCUT2D eigenvalue weighted by molar-refractivity contribution is -0.137. The molecule has 0 unspecified atom stereocenters. The number of rotatable bonds is 7. The van der Waals surface area contributed by atoms with Crippen LogP contribution in [0, 0.1) is 17.2 Å². The molecule has 1 saturated heterocycles. The first-order chi connectivity index (χ1) is 16.2. The predicted molar refractivity (Wildman–Crippen MR) is 126 cm³/mol. The van der Waals surface area contributed by atoms with Crippen molar-refractivity contribution in [3.05, 3.63) is 46.2 Å². The van der Waals surface area contributed by atoms with E-state index in [1.165, 1.54) is 30.6 Å². The molecule has 7 nitrogen and oxygen atoms in total. The number of pyridine rings is 1. The molecule has 2 aromatic rings. The SMILES string of the molecule is N#CCCN(Cc1cccnc1)C(=O)c1csc(C2CCN(C(=O)C3CCCCC3)CC2)n1. The summed E-state index contributed by atoms with van der Waals surface area (Å²) >= 11 is 1.53. The van der Waals surface area contributed by atoms with Crippen LogP contribution in [-0.2, 0) is 11.3 Å². The third-order valence-corrected chi connectivity index (χ3v) is 7.74. The highest BCUT2D eigenvalue weighted by atomic mass is 32.1. The first kappa shape index (κ1) is 23.4. The van der Waals surface area contributed by atoms with E-state index in [0.717, 1.165) is 49.3 Å². The Bertz CT molecular complexity index is 972. The predicted octanol–water partition coefficient (Wildman–Crippen LogP) is 4.38. The fourth-order valence-electron chi connectivity index (χ4n) is 4.84. The van der Waals surface area contributed by atoms with Crippen LogP contribution >= 0.6 is 11.3 Å². The highest BCUT2D eigenvalue weighted by molar-refractivity contribution is 7.09. The van der Waals surface area contributed by atoms with Crippen LogP contribution in [-0.4, -0.2) is 51.2 Å². The summed E-state index contributed by atoms with van der Waals surface area (Å²) in [7, 11) is 0. The van der Waals surface area contributed by atoms with Crippen molar-refractivity contribution in [1.82, 2.24) is 19.8 Å². The molecule has 0 spiro atoms. The number of hydrogen-bond donors (Lipinski definition) is 0. The summed E-state index contributed by atoms with van der Waals surface area (Å²) in [6, 6.07) is 5.89. The van der Waals surface area contributed by atoms with Crippen molar-refractivity contribution >= 4 is 23.2 Å². The van der Waals surface area contributed by atoms with Gasteiger partial charge in [-0.1, -0.05) is 25.3 Å². The lowest BCUT2D eigenvalue weighted by atomic mass is 9.87. The van der Waals surface area contributed by atoms with Crippen molar-refractivity contribution < 1.29 is 9.59 Å². The Labute approximate surface area is 199 Å². The van der Waals surface area contributed by atoms with Gasteiger partial charge in [-0.3, -0.25) is 14.6 Å². The van der Waals surface area contributed by atoms with Crippen LogP contribution in [0.25, 0.3) is 0 Å². The maximum Gasteiger partial charge on any atom is 0.273 e. The number of aromatic nitrogens is 2. The molecule has 0 atom stereocenters. The zero-order valence-electron chi connectivity index (χ0n) is 19.0. The summed E-state index contributed by atoms with van der Waals surface area (Å²) in [4.78, 5) is 38.5. The van der Waals surface area contributed by atoms with E-state index in [-0.39, 0.29) is 24.2 Å². The molecule has 0 N–H and O–H groups in total. The molecular formula is C25H31N5O2S. The van der Waals surface area contributed by atoms with Crippen LogP contribution in [0.1, 0.15) is 78.3 Å². The van der Waals surface area contributed by atoms with Crippen LogP contribution in [0.2, 0.25) is 0 Å². The maximum absolute atomic E-state index is 13.2. The van der Waals surface area contributed by atoms with Gasteiger partial charge < -0.3 is 9.80 Å². The highest BCUT2D eigenvalue weighted by Crippen LogP contribution is 2.33. The van der Waals surface area contributed by atoms with Crippen molar-refractivity contribution in [3.8, 4) is 6.07 Å². The maximum atomic E-state index is 13.2. The van der Waals surface area contributed by atoms with E-state index in [4.69, 9.17) is 5.26 Å². The molecule has 174 valence electrons. The zero-order valence-corrected chi connectivity index (χ0v) is 19.8. The summed E-state index contributed by atoms with van der Waals surface area (Å²) in [5.74, 6) is 0.699. The average molecular weight is 466 g/mol. The summed E-state index contributed by atoms with van der Waals surface area (Å²) in [6.45, 7) is 2.32. The van der Waals surface area contributed by atoms with Gasteiger partial charge >= 0.3 is 0 Å². The van der Waals surface area contributed by atoms with Crippen LogP contribution in [0.5, 0.6) is 0 Å².